The van der Waals surface area contributed by atoms with Crippen LogP contribution < -0.4 is 4.74 Å². The first-order chi connectivity index (χ1) is 7.55. The maximum absolute atomic E-state index is 9.32. The van der Waals surface area contributed by atoms with Crippen LogP contribution in [0, 0.1) is 25.2 Å². The lowest BCUT2D eigenvalue weighted by Crippen LogP contribution is -2.09. The molecule has 1 fully saturated rings. The van der Waals surface area contributed by atoms with Crippen LogP contribution in [0.1, 0.15) is 29.5 Å². The molecule has 2 nitrogen and oxygen atoms in total. The van der Waals surface area contributed by atoms with E-state index < -0.39 is 0 Å². The van der Waals surface area contributed by atoms with Crippen LogP contribution in [0.15, 0.2) is 10.5 Å². The predicted molar refractivity (Wildman–Crippen MR) is 66.7 cm³/mol. The molecule has 0 unspecified atom stereocenters. The van der Waals surface area contributed by atoms with Gasteiger partial charge in [-0.1, -0.05) is 15.9 Å². The first kappa shape index (κ1) is 11.5. The molecule has 0 aromatic heterocycles. The number of hydrogen-bond acceptors (Lipinski definition) is 2. The summed E-state index contributed by atoms with van der Waals surface area (Å²) >= 11 is 3.54. The summed E-state index contributed by atoms with van der Waals surface area (Å²) < 4.78 is 6.53. The minimum Gasteiger partial charge on any atom is -0.496 e. The van der Waals surface area contributed by atoms with E-state index in [0.717, 1.165) is 39.8 Å². The van der Waals surface area contributed by atoms with Crippen molar-refractivity contribution in [2.24, 2.45) is 0 Å². The highest BCUT2D eigenvalue weighted by atomic mass is 79.9. The minimum absolute atomic E-state index is 0.302. The fourth-order valence-electron chi connectivity index (χ4n) is 2.23. The van der Waals surface area contributed by atoms with Gasteiger partial charge in [-0.2, -0.15) is 5.26 Å². The highest BCUT2D eigenvalue weighted by molar-refractivity contribution is 9.10. The standard InChI is InChI=1S/C13H14BrNO/c1-8-6-10(14)9(2)11(12(8)16-3)13(7-15)4-5-13/h6H,4-5H2,1-3H3. The molecule has 16 heavy (non-hydrogen) atoms. The van der Waals surface area contributed by atoms with Gasteiger partial charge in [0.25, 0.3) is 0 Å². The van der Waals surface area contributed by atoms with E-state index in [4.69, 9.17) is 4.74 Å². The third-order valence-electron chi connectivity index (χ3n) is 3.31. The van der Waals surface area contributed by atoms with E-state index in [-0.39, 0.29) is 5.41 Å². The van der Waals surface area contributed by atoms with Crippen LogP contribution in [0.2, 0.25) is 0 Å². The molecule has 1 saturated carbocycles. The Hall–Kier alpha value is -1.01. The third-order valence-corrected chi connectivity index (χ3v) is 4.13. The van der Waals surface area contributed by atoms with Crippen molar-refractivity contribution in [2.45, 2.75) is 32.1 Å². The number of aryl methyl sites for hydroxylation is 1. The average Bonchev–Trinajstić information content (AvgIpc) is 3.03. The van der Waals surface area contributed by atoms with Crippen molar-refractivity contribution in [1.29, 1.82) is 5.26 Å². The van der Waals surface area contributed by atoms with E-state index in [1.807, 2.05) is 19.9 Å². The Morgan fingerprint density at radius 2 is 2.06 bits per heavy atom. The number of benzene rings is 1. The molecule has 0 spiro atoms. The lowest BCUT2D eigenvalue weighted by atomic mass is 9.90. The Labute approximate surface area is 104 Å². The molecule has 1 aromatic carbocycles. The second-order valence-corrected chi connectivity index (χ2v) is 5.26. The van der Waals surface area contributed by atoms with Crippen molar-refractivity contribution in [3.05, 3.63) is 27.2 Å². The van der Waals surface area contributed by atoms with Gasteiger partial charge >= 0.3 is 0 Å². The van der Waals surface area contributed by atoms with E-state index >= 15 is 0 Å². The van der Waals surface area contributed by atoms with Crippen molar-refractivity contribution in [3.63, 3.8) is 0 Å². The number of nitriles is 1. The Morgan fingerprint density at radius 1 is 1.44 bits per heavy atom. The Balaban J connectivity index is 2.72. The van der Waals surface area contributed by atoms with Crippen LogP contribution in [-0.2, 0) is 5.41 Å². The fraction of sp³-hybridized carbons (Fsp3) is 0.462. The van der Waals surface area contributed by atoms with Crippen LogP contribution in [0.25, 0.3) is 0 Å². The molecule has 3 heteroatoms. The van der Waals surface area contributed by atoms with Crippen LogP contribution in [-0.4, -0.2) is 7.11 Å². The average molecular weight is 280 g/mol. The van der Waals surface area contributed by atoms with Gasteiger partial charge in [-0.05, 0) is 43.9 Å². The zero-order chi connectivity index (χ0) is 11.9. The number of hydrogen-bond donors (Lipinski definition) is 0. The van der Waals surface area contributed by atoms with Crippen LogP contribution in [0.5, 0.6) is 5.75 Å². The van der Waals surface area contributed by atoms with Crippen molar-refractivity contribution in [1.82, 2.24) is 0 Å². The summed E-state index contributed by atoms with van der Waals surface area (Å²) in [5, 5.41) is 9.32. The normalized spacial score (nSPS) is 16.7. The molecule has 0 atom stereocenters. The summed E-state index contributed by atoms with van der Waals surface area (Å²) in [6.45, 7) is 4.05. The van der Waals surface area contributed by atoms with E-state index in [1.54, 1.807) is 7.11 Å². The van der Waals surface area contributed by atoms with Crippen LogP contribution in [0.3, 0.4) is 0 Å². The lowest BCUT2D eigenvalue weighted by Gasteiger charge is -2.19. The summed E-state index contributed by atoms with van der Waals surface area (Å²) in [6, 6.07) is 4.48. The zero-order valence-corrected chi connectivity index (χ0v) is 11.3. The summed E-state index contributed by atoms with van der Waals surface area (Å²) in [5.74, 6) is 0.875. The molecule has 0 N–H and O–H groups in total. The maximum Gasteiger partial charge on any atom is 0.126 e. The van der Waals surface area contributed by atoms with Gasteiger partial charge < -0.3 is 4.74 Å². The van der Waals surface area contributed by atoms with Gasteiger partial charge in [0.15, 0.2) is 0 Å². The SMILES string of the molecule is COc1c(C)cc(Br)c(C)c1C1(C#N)CC1. The van der Waals surface area contributed by atoms with Crippen molar-refractivity contribution >= 4 is 15.9 Å². The molecule has 0 aliphatic heterocycles. The topological polar surface area (TPSA) is 33.0 Å². The molecule has 1 aromatic rings. The van der Waals surface area contributed by atoms with E-state index in [2.05, 4.69) is 22.0 Å². The van der Waals surface area contributed by atoms with Gasteiger partial charge in [-0.3, -0.25) is 0 Å². The third kappa shape index (κ3) is 1.53. The van der Waals surface area contributed by atoms with Crippen molar-refractivity contribution < 1.29 is 4.74 Å². The fourth-order valence-corrected chi connectivity index (χ4v) is 2.77. The lowest BCUT2D eigenvalue weighted by molar-refractivity contribution is 0.403. The summed E-state index contributed by atoms with van der Waals surface area (Å²) in [5.41, 5.74) is 2.98. The minimum atomic E-state index is -0.302. The number of ether oxygens (including phenoxy) is 1. The molecule has 84 valence electrons. The second-order valence-electron chi connectivity index (χ2n) is 4.40. The predicted octanol–water partition coefficient (Wildman–Crippen LogP) is 3.63. The van der Waals surface area contributed by atoms with Crippen molar-refractivity contribution in [2.75, 3.05) is 7.11 Å². The van der Waals surface area contributed by atoms with Gasteiger partial charge in [0.2, 0.25) is 0 Å². The van der Waals surface area contributed by atoms with E-state index in [0.29, 0.717) is 0 Å². The molecule has 1 aliphatic rings. The molecule has 0 bridgehead atoms. The largest absolute Gasteiger partial charge is 0.496 e. The molecule has 1 aliphatic carbocycles. The monoisotopic (exact) mass is 279 g/mol. The summed E-state index contributed by atoms with van der Waals surface area (Å²) in [6.07, 6.45) is 1.88. The molecular weight excluding hydrogens is 266 g/mol. The molecule has 0 saturated heterocycles. The Bertz CT molecular complexity index is 484. The zero-order valence-electron chi connectivity index (χ0n) is 9.72. The van der Waals surface area contributed by atoms with Gasteiger partial charge in [0, 0.05) is 10.0 Å². The molecule has 2 rings (SSSR count). The number of nitrogens with zero attached hydrogens (tertiary/aromatic N) is 1. The van der Waals surface area contributed by atoms with Gasteiger partial charge in [-0.15, -0.1) is 0 Å². The quantitative estimate of drug-likeness (QED) is 0.828. The number of halogens is 1. The number of methoxy groups -OCH3 is 1. The first-order valence-corrected chi connectivity index (χ1v) is 6.10. The first-order valence-electron chi connectivity index (χ1n) is 5.31. The van der Waals surface area contributed by atoms with Crippen LogP contribution >= 0.6 is 15.9 Å². The highest BCUT2D eigenvalue weighted by Gasteiger charge is 2.48. The molecule has 0 amide bonds. The Morgan fingerprint density at radius 3 is 2.50 bits per heavy atom. The summed E-state index contributed by atoms with van der Waals surface area (Å²) in [7, 11) is 1.67. The van der Waals surface area contributed by atoms with E-state index in [1.165, 1.54) is 0 Å². The molecule has 0 heterocycles. The van der Waals surface area contributed by atoms with Gasteiger partial charge in [0.05, 0.1) is 18.6 Å². The summed E-state index contributed by atoms with van der Waals surface area (Å²) in [4.78, 5) is 0. The van der Waals surface area contributed by atoms with Crippen LogP contribution in [0.4, 0.5) is 0 Å². The maximum atomic E-state index is 9.32. The second kappa shape index (κ2) is 3.78. The molecule has 0 radical (unpaired) electrons. The van der Waals surface area contributed by atoms with E-state index in [9.17, 15) is 5.26 Å². The smallest absolute Gasteiger partial charge is 0.126 e. The molecular formula is C13H14BrNO. The number of rotatable bonds is 2. The van der Waals surface area contributed by atoms with Crippen molar-refractivity contribution in [3.8, 4) is 11.8 Å². The highest BCUT2D eigenvalue weighted by Crippen LogP contribution is 2.53. The Kier molecular flexibility index (Phi) is 2.71. The van der Waals surface area contributed by atoms with Gasteiger partial charge in [-0.25, -0.2) is 0 Å². The van der Waals surface area contributed by atoms with Gasteiger partial charge in [0.1, 0.15) is 5.75 Å².